The monoisotopic (exact) mass is 345 g/mol. The molecule has 124 valence electrons. The summed E-state index contributed by atoms with van der Waals surface area (Å²) in [4.78, 5) is 13.0. The first-order valence-electron chi connectivity index (χ1n) is 7.46. The van der Waals surface area contributed by atoms with Crippen molar-refractivity contribution in [1.29, 1.82) is 0 Å². The van der Waals surface area contributed by atoms with Gasteiger partial charge in [-0.2, -0.15) is 0 Å². The van der Waals surface area contributed by atoms with Crippen LogP contribution in [0.3, 0.4) is 0 Å². The summed E-state index contributed by atoms with van der Waals surface area (Å²) in [5, 5.41) is 22.6. The predicted molar refractivity (Wildman–Crippen MR) is 89.9 cm³/mol. The zero-order chi connectivity index (χ0) is 16.7. The Morgan fingerprint density at radius 3 is 2.92 bits per heavy atom. The third-order valence-electron chi connectivity index (χ3n) is 3.86. The largest absolute Gasteiger partial charge is 0.508 e. The first-order chi connectivity index (χ1) is 11.6. The van der Waals surface area contributed by atoms with Crippen molar-refractivity contribution >= 4 is 35.3 Å². The van der Waals surface area contributed by atoms with Crippen molar-refractivity contribution in [2.75, 3.05) is 11.9 Å². The van der Waals surface area contributed by atoms with Crippen molar-refractivity contribution < 1.29 is 14.9 Å². The molecule has 1 fully saturated rings. The molecular formula is C15H15N5O3S. The van der Waals surface area contributed by atoms with Gasteiger partial charge in [-0.3, -0.25) is 4.57 Å². The highest BCUT2D eigenvalue weighted by Gasteiger charge is 2.22. The summed E-state index contributed by atoms with van der Waals surface area (Å²) >= 11 is 4.26. The molecule has 0 radical (unpaired) electrons. The standard InChI is InChI=1S/C15H15N5O3S/c21-8-3-4-9(10(22)6-8)17-13-12-14(19-15(24)18-13)20(7-16-12)11-2-1-5-23-11/h3-4,6-7,11,21-22H,1-2,5H2,(H2,17,18,19,24). The molecule has 1 saturated heterocycles. The quantitative estimate of drug-likeness (QED) is 0.250. The van der Waals surface area contributed by atoms with Gasteiger partial charge in [0.05, 0.1) is 12.0 Å². The zero-order valence-corrected chi connectivity index (χ0v) is 13.4. The second-order valence-electron chi connectivity index (χ2n) is 5.49. The summed E-state index contributed by atoms with van der Waals surface area (Å²) in [6.45, 7) is 0.718. The van der Waals surface area contributed by atoms with Gasteiger partial charge in [0, 0.05) is 12.7 Å². The highest BCUT2D eigenvalue weighted by Crippen LogP contribution is 2.33. The van der Waals surface area contributed by atoms with Gasteiger partial charge < -0.3 is 20.3 Å². The molecule has 1 aromatic carbocycles. The Balaban J connectivity index is 1.77. The molecule has 4 rings (SSSR count). The average molecular weight is 345 g/mol. The number of hydrogen-bond acceptors (Lipinski definition) is 8. The number of thiol groups is 1. The highest BCUT2D eigenvalue weighted by atomic mass is 32.1. The van der Waals surface area contributed by atoms with E-state index in [1.807, 2.05) is 4.57 Å². The molecular weight excluding hydrogens is 330 g/mol. The topological polar surface area (TPSA) is 105 Å². The molecule has 0 amide bonds. The summed E-state index contributed by atoms with van der Waals surface area (Å²) < 4.78 is 7.55. The number of rotatable bonds is 3. The van der Waals surface area contributed by atoms with Crippen LogP contribution in [-0.2, 0) is 4.74 Å². The van der Waals surface area contributed by atoms with E-state index in [1.165, 1.54) is 12.1 Å². The summed E-state index contributed by atoms with van der Waals surface area (Å²) in [5.41, 5.74) is 1.56. The number of phenolic OH excluding ortho intramolecular Hbond substituents is 2. The number of benzene rings is 1. The molecule has 0 bridgehead atoms. The Bertz CT molecular complexity index is 908. The average Bonchev–Trinajstić information content (AvgIpc) is 3.18. The second-order valence-corrected chi connectivity index (χ2v) is 5.89. The molecule has 2 aromatic heterocycles. The lowest BCUT2D eigenvalue weighted by Gasteiger charge is -2.12. The molecule has 3 heterocycles. The maximum Gasteiger partial charge on any atom is 0.188 e. The van der Waals surface area contributed by atoms with Gasteiger partial charge in [0.15, 0.2) is 22.1 Å². The normalized spacial score (nSPS) is 17.5. The molecule has 0 aliphatic carbocycles. The van der Waals surface area contributed by atoms with Crippen LogP contribution in [0.25, 0.3) is 11.2 Å². The van der Waals surface area contributed by atoms with Crippen molar-refractivity contribution in [3.05, 3.63) is 24.5 Å². The Morgan fingerprint density at radius 2 is 2.17 bits per heavy atom. The number of aromatic hydroxyl groups is 2. The third-order valence-corrected chi connectivity index (χ3v) is 4.06. The summed E-state index contributed by atoms with van der Waals surface area (Å²) in [6, 6.07) is 4.26. The van der Waals surface area contributed by atoms with Crippen LogP contribution in [0.5, 0.6) is 11.5 Å². The maximum absolute atomic E-state index is 9.94. The molecule has 8 nitrogen and oxygen atoms in total. The minimum atomic E-state index is -0.0963. The number of aromatic nitrogens is 4. The van der Waals surface area contributed by atoms with Gasteiger partial charge in [-0.1, -0.05) is 0 Å². The van der Waals surface area contributed by atoms with Crippen LogP contribution in [0.2, 0.25) is 0 Å². The van der Waals surface area contributed by atoms with E-state index in [4.69, 9.17) is 4.74 Å². The van der Waals surface area contributed by atoms with Crippen LogP contribution in [0, 0.1) is 0 Å². The van der Waals surface area contributed by atoms with Gasteiger partial charge >= 0.3 is 0 Å². The number of nitrogens with one attached hydrogen (secondary N) is 1. The number of hydrogen-bond donors (Lipinski definition) is 4. The highest BCUT2D eigenvalue weighted by molar-refractivity contribution is 7.80. The molecule has 1 unspecified atom stereocenters. The fraction of sp³-hybridized carbons (Fsp3) is 0.267. The Morgan fingerprint density at radius 1 is 1.29 bits per heavy atom. The van der Waals surface area contributed by atoms with Crippen LogP contribution in [0.4, 0.5) is 11.5 Å². The van der Waals surface area contributed by atoms with E-state index in [9.17, 15) is 10.2 Å². The van der Waals surface area contributed by atoms with Gasteiger partial charge in [-0.05, 0) is 25.0 Å². The lowest BCUT2D eigenvalue weighted by atomic mass is 10.2. The minimum Gasteiger partial charge on any atom is -0.508 e. The van der Waals surface area contributed by atoms with Crippen LogP contribution < -0.4 is 5.32 Å². The molecule has 3 aromatic rings. The third kappa shape index (κ3) is 2.61. The van der Waals surface area contributed by atoms with Crippen molar-refractivity contribution in [2.24, 2.45) is 0 Å². The lowest BCUT2D eigenvalue weighted by molar-refractivity contribution is 0.0592. The predicted octanol–water partition coefficient (Wildman–Crippen LogP) is 2.58. The van der Waals surface area contributed by atoms with Gasteiger partial charge in [0.25, 0.3) is 0 Å². The van der Waals surface area contributed by atoms with Gasteiger partial charge in [0.1, 0.15) is 17.7 Å². The number of phenols is 2. The molecule has 24 heavy (non-hydrogen) atoms. The van der Waals surface area contributed by atoms with E-state index in [2.05, 4.69) is 32.9 Å². The molecule has 0 spiro atoms. The van der Waals surface area contributed by atoms with Crippen LogP contribution >= 0.6 is 12.6 Å². The van der Waals surface area contributed by atoms with Gasteiger partial charge in [-0.25, -0.2) is 15.0 Å². The number of ether oxygens (including phenoxy) is 1. The first kappa shape index (κ1) is 15.0. The van der Waals surface area contributed by atoms with Crippen LogP contribution in [0.1, 0.15) is 19.1 Å². The van der Waals surface area contributed by atoms with E-state index >= 15 is 0 Å². The minimum absolute atomic E-state index is 0.0246. The van der Waals surface area contributed by atoms with Crippen molar-refractivity contribution in [3.8, 4) is 11.5 Å². The van der Waals surface area contributed by atoms with E-state index in [0.29, 0.717) is 22.7 Å². The Hall–Kier alpha value is -2.52. The maximum atomic E-state index is 9.94. The molecule has 1 atom stereocenters. The SMILES string of the molecule is Oc1ccc(Nc2nc(S)nc3c2ncn3C2CCCO2)c(O)c1. The van der Waals surface area contributed by atoms with Crippen molar-refractivity contribution in [1.82, 2.24) is 19.5 Å². The van der Waals surface area contributed by atoms with Gasteiger partial charge in [0.2, 0.25) is 0 Å². The lowest BCUT2D eigenvalue weighted by Crippen LogP contribution is -2.07. The van der Waals surface area contributed by atoms with E-state index in [1.54, 1.807) is 12.4 Å². The molecule has 3 N–H and O–H groups in total. The van der Waals surface area contributed by atoms with Gasteiger partial charge in [-0.15, -0.1) is 12.6 Å². The Labute approximate surface area is 142 Å². The van der Waals surface area contributed by atoms with Crippen molar-refractivity contribution in [2.45, 2.75) is 24.2 Å². The molecule has 0 saturated carbocycles. The van der Waals surface area contributed by atoms with E-state index < -0.39 is 0 Å². The van der Waals surface area contributed by atoms with Crippen LogP contribution in [0.15, 0.2) is 29.7 Å². The van der Waals surface area contributed by atoms with E-state index in [0.717, 1.165) is 19.4 Å². The zero-order valence-electron chi connectivity index (χ0n) is 12.5. The van der Waals surface area contributed by atoms with Crippen molar-refractivity contribution in [3.63, 3.8) is 0 Å². The number of imidazole rings is 1. The molecule has 9 heteroatoms. The summed E-state index contributed by atoms with van der Waals surface area (Å²) in [5.74, 6) is 0.298. The smallest absolute Gasteiger partial charge is 0.188 e. The summed E-state index contributed by atoms with van der Waals surface area (Å²) in [7, 11) is 0. The van der Waals surface area contributed by atoms with Crippen LogP contribution in [-0.4, -0.2) is 36.3 Å². The fourth-order valence-electron chi connectivity index (χ4n) is 2.74. The Kier molecular flexibility index (Phi) is 3.66. The molecule has 1 aliphatic heterocycles. The molecule has 1 aliphatic rings. The number of fused-ring (bicyclic) bond motifs is 1. The number of anilines is 2. The fourth-order valence-corrected chi connectivity index (χ4v) is 2.93. The number of nitrogens with zero attached hydrogens (tertiary/aromatic N) is 4. The van der Waals surface area contributed by atoms with E-state index in [-0.39, 0.29) is 22.9 Å². The second kappa shape index (κ2) is 5.84. The first-order valence-corrected chi connectivity index (χ1v) is 7.90. The summed E-state index contributed by atoms with van der Waals surface area (Å²) in [6.07, 6.45) is 3.48.